The first-order valence-corrected chi connectivity index (χ1v) is 5.56. The van der Waals surface area contributed by atoms with Crippen molar-refractivity contribution in [2.75, 3.05) is 13.2 Å². The first kappa shape index (κ1) is 14.4. The molecule has 0 aromatic heterocycles. The molecule has 0 fully saturated rings. The molecular formula is C11H23NO3. The summed E-state index contributed by atoms with van der Waals surface area (Å²) in [6.07, 6.45) is 1.36. The highest BCUT2D eigenvalue weighted by Gasteiger charge is 2.34. The Labute approximate surface area is 92.0 Å². The van der Waals surface area contributed by atoms with Gasteiger partial charge in [-0.1, -0.05) is 6.92 Å². The Kier molecular flexibility index (Phi) is 6.52. The van der Waals surface area contributed by atoms with Gasteiger partial charge in [-0.05, 0) is 33.7 Å². The van der Waals surface area contributed by atoms with Crippen LogP contribution in [-0.4, -0.2) is 35.9 Å². The number of carboxylic acid groups (broad SMARTS) is 1. The third-order valence-corrected chi connectivity index (χ3v) is 2.38. The molecule has 0 aromatic rings. The number of carbonyl (C=O) groups is 1. The number of carboxylic acids is 1. The maximum absolute atomic E-state index is 11.1. The molecule has 0 amide bonds. The Morgan fingerprint density at radius 2 is 2.13 bits per heavy atom. The number of rotatable bonds is 8. The van der Waals surface area contributed by atoms with Crippen molar-refractivity contribution in [2.45, 2.75) is 52.2 Å². The summed E-state index contributed by atoms with van der Waals surface area (Å²) in [5, 5.41) is 12.2. The lowest BCUT2D eigenvalue weighted by Gasteiger charge is -2.29. The molecule has 0 spiro atoms. The minimum atomic E-state index is -0.884. The highest BCUT2D eigenvalue weighted by atomic mass is 16.5. The number of ether oxygens (including phenoxy) is 1. The molecule has 0 aliphatic heterocycles. The van der Waals surface area contributed by atoms with E-state index in [1.807, 2.05) is 20.8 Å². The summed E-state index contributed by atoms with van der Waals surface area (Å²) >= 11 is 0. The number of hydrogen-bond donors (Lipinski definition) is 2. The molecule has 2 N–H and O–H groups in total. The SMILES string of the molecule is CCCNC(C)(CC(C)OCC)C(=O)O. The van der Waals surface area contributed by atoms with E-state index < -0.39 is 11.5 Å². The van der Waals surface area contributed by atoms with Gasteiger partial charge in [0, 0.05) is 13.0 Å². The lowest BCUT2D eigenvalue weighted by molar-refractivity contribution is -0.145. The zero-order valence-corrected chi connectivity index (χ0v) is 10.2. The van der Waals surface area contributed by atoms with Crippen LogP contribution in [0.2, 0.25) is 0 Å². The van der Waals surface area contributed by atoms with Gasteiger partial charge in [0.15, 0.2) is 0 Å². The van der Waals surface area contributed by atoms with Crippen LogP contribution in [0.1, 0.15) is 40.5 Å². The monoisotopic (exact) mass is 217 g/mol. The zero-order chi connectivity index (χ0) is 11.9. The maximum Gasteiger partial charge on any atom is 0.323 e. The second-order valence-electron chi connectivity index (χ2n) is 4.03. The van der Waals surface area contributed by atoms with Gasteiger partial charge in [-0.3, -0.25) is 4.79 Å². The van der Waals surface area contributed by atoms with E-state index in [1.54, 1.807) is 6.92 Å². The molecule has 0 aliphatic carbocycles. The van der Waals surface area contributed by atoms with Crippen molar-refractivity contribution in [2.24, 2.45) is 0 Å². The Morgan fingerprint density at radius 1 is 1.53 bits per heavy atom. The summed E-state index contributed by atoms with van der Waals surface area (Å²) in [6.45, 7) is 8.86. The van der Waals surface area contributed by atoms with Crippen LogP contribution in [0.15, 0.2) is 0 Å². The average Bonchev–Trinajstić information content (AvgIpc) is 2.14. The van der Waals surface area contributed by atoms with E-state index in [-0.39, 0.29) is 6.10 Å². The molecule has 0 rings (SSSR count). The van der Waals surface area contributed by atoms with Crippen LogP contribution in [0.3, 0.4) is 0 Å². The number of aliphatic carboxylic acids is 1. The van der Waals surface area contributed by atoms with Crippen molar-refractivity contribution in [1.82, 2.24) is 5.32 Å². The van der Waals surface area contributed by atoms with Crippen LogP contribution >= 0.6 is 0 Å². The number of hydrogen-bond acceptors (Lipinski definition) is 3. The predicted molar refractivity (Wildman–Crippen MR) is 60.0 cm³/mol. The van der Waals surface area contributed by atoms with Gasteiger partial charge in [-0.2, -0.15) is 0 Å². The van der Waals surface area contributed by atoms with Crippen LogP contribution in [0, 0.1) is 0 Å². The van der Waals surface area contributed by atoms with E-state index in [1.165, 1.54) is 0 Å². The van der Waals surface area contributed by atoms with Gasteiger partial charge < -0.3 is 15.2 Å². The van der Waals surface area contributed by atoms with E-state index in [2.05, 4.69) is 5.32 Å². The van der Waals surface area contributed by atoms with Crippen LogP contribution in [0.25, 0.3) is 0 Å². The molecule has 0 bridgehead atoms. The Hall–Kier alpha value is -0.610. The van der Waals surface area contributed by atoms with E-state index in [0.717, 1.165) is 6.42 Å². The van der Waals surface area contributed by atoms with E-state index in [9.17, 15) is 4.79 Å². The molecule has 0 saturated carbocycles. The first-order chi connectivity index (χ1) is 6.96. The summed E-state index contributed by atoms with van der Waals surface area (Å²) in [5.74, 6) is -0.817. The van der Waals surface area contributed by atoms with Gasteiger partial charge in [-0.25, -0.2) is 0 Å². The quantitative estimate of drug-likeness (QED) is 0.649. The molecule has 0 radical (unpaired) electrons. The van der Waals surface area contributed by atoms with Gasteiger partial charge >= 0.3 is 5.97 Å². The molecule has 0 heterocycles. The third-order valence-electron chi connectivity index (χ3n) is 2.38. The topological polar surface area (TPSA) is 58.6 Å². The average molecular weight is 217 g/mol. The van der Waals surface area contributed by atoms with Crippen molar-refractivity contribution >= 4 is 5.97 Å². The molecule has 2 atom stereocenters. The van der Waals surface area contributed by atoms with Crippen LogP contribution in [0.4, 0.5) is 0 Å². The van der Waals surface area contributed by atoms with E-state index >= 15 is 0 Å². The zero-order valence-electron chi connectivity index (χ0n) is 10.2. The fraction of sp³-hybridized carbons (Fsp3) is 0.909. The molecule has 4 heteroatoms. The van der Waals surface area contributed by atoms with Gasteiger partial charge in [-0.15, -0.1) is 0 Å². The molecule has 0 aliphatic rings. The molecule has 4 nitrogen and oxygen atoms in total. The summed E-state index contributed by atoms with van der Waals surface area (Å²) in [6, 6.07) is 0. The van der Waals surface area contributed by atoms with Crippen molar-refractivity contribution in [1.29, 1.82) is 0 Å². The minimum Gasteiger partial charge on any atom is -0.480 e. The van der Waals surface area contributed by atoms with Gasteiger partial charge in [0.2, 0.25) is 0 Å². The highest BCUT2D eigenvalue weighted by Crippen LogP contribution is 2.15. The lowest BCUT2D eigenvalue weighted by atomic mass is 9.94. The van der Waals surface area contributed by atoms with E-state index in [4.69, 9.17) is 9.84 Å². The normalized spacial score (nSPS) is 17.1. The Bertz CT molecular complexity index is 196. The van der Waals surface area contributed by atoms with Crippen molar-refractivity contribution in [3.8, 4) is 0 Å². The van der Waals surface area contributed by atoms with Gasteiger partial charge in [0.05, 0.1) is 6.10 Å². The van der Waals surface area contributed by atoms with Crippen LogP contribution in [0.5, 0.6) is 0 Å². The molecule has 2 unspecified atom stereocenters. The Morgan fingerprint density at radius 3 is 2.53 bits per heavy atom. The standard InChI is InChI=1S/C11H23NO3/c1-5-7-12-11(4,10(13)14)8-9(3)15-6-2/h9,12H,5-8H2,1-4H3,(H,13,14). The molecular weight excluding hydrogens is 194 g/mol. The Balaban J connectivity index is 4.30. The highest BCUT2D eigenvalue weighted by molar-refractivity contribution is 5.78. The fourth-order valence-corrected chi connectivity index (χ4v) is 1.55. The predicted octanol–water partition coefficient (Wildman–Crippen LogP) is 1.64. The molecule has 15 heavy (non-hydrogen) atoms. The van der Waals surface area contributed by atoms with Gasteiger partial charge in [0.25, 0.3) is 0 Å². The first-order valence-electron chi connectivity index (χ1n) is 5.56. The minimum absolute atomic E-state index is 0.0412. The second kappa shape index (κ2) is 6.80. The maximum atomic E-state index is 11.1. The van der Waals surface area contributed by atoms with Crippen LogP contribution in [-0.2, 0) is 9.53 Å². The van der Waals surface area contributed by atoms with Crippen molar-refractivity contribution in [3.05, 3.63) is 0 Å². The number of nitrogens with one attached hydrogen (secondary N) is 1. The lowest BCUT2D eigenvalue weighted by Crippen LogP contribution is -2.51. The van der Waals surface area contributed by atoms with Gasteiger partial charge in [0.1, 0.15) is 5.54 Å². The molecule has 90 valence electrons. The summed E-state index contributed by atoms with van der Waals surface area (Å²) in [7, 11) is 0. The van der Waals surface area contributed by atoms with Crippen molar-refractivity contribution < 1.29 is 14.6 Å². The molecule has 0 aromatic carbocycles. The molecule has 0 saturated heterocycles. The van der Waals surface area contributed by atoms with Crippen LogP contribution < -0.4 is 5.32 Å². The summed E-state index contributed by atoms with van der Waals surface area (Å²) in [5.41, 5.74) is -0.884. The fourth-order valence-electron chi connectivity index (χ4n) is 1.55. The summed E-state index contributed by atoms with van der Waals surface area (Å²) < 4.78 is 5.36. The summed E-state index contributed by atoms with van der Waals surface area (Å²) in [4.78, 5) is 11.1. The smallest absolute Gasteiger partial charge is 0.323 e. The largest absolute Gasteiger partial charge is 0.480 e. The third kappa shape index (κ3) is 5.14. The van der Waals surface area contributed by atoms with E-state index in [0.29, 0.717) is 19.6 Å². The second-order valence-corrected chi connectivity index (χ2v) is 4.03. The van der Waals surface area contributed by atoms with Crippen molar-refractivity contribution in [3.63, 3.8) is 0 Å².